The number of ether oxygens (including phenoxy) is 2. The molecule has 0 amide bonds. The standard InChI is InChI=1S/C21H28N2O3/c1-13-6-5-8-20(2)10-16-17(18-21(13,20)26-18)15(19(24)25-16)12-22-11-14-7-3-4-9-23-14/h3-4,7,9,13,15-18,22H,5-6,8,10-12H2,1-2H3/p+1/t13-,15+,16+,17+,18-,20+,21-/m0/s1. The van der Waals surface area contributed by atoms with Gasteiger partial charge in [-0.1, -0.05) is 26.3 Å². The SMILES string of the molecule is C[C@H]1CCC[C@]2(C)C[C@H]3OC(=O)[C@H](C[NH2+]Cc4ccccn4)[C@H]3[C@@H]3O[C@@]132. The summed E-state index contributed by atoms with van der Waals surface area (Å²) < 4.78 is 12.4. The van der Waals surface area contributed by atoms with Crippen LogP contribution in [0, 0.1) is 23.2 Å². The Balaban J connectivity index is 1.32. The van der Waals surface area contributed by atoms with E-state index < -0.39 is 0 Å². The number of carbonyl (C=O) groups is 1. The van der Waals surface area contributed by atoms with E-state index in [0.717, 1.165) is 25.2 Å². The van der Waals surface area contributed by atoms with Gasteiger partial charge in [0.25, 0.3) is 0 Å². The Morgan fingerprint density at radius 3 is 3.08 bits per heavy atom. The molecule has 5 rings (SSSR count). The van der Waals surface area contributed by atoms with Crippen LogP contribution in [0.2, 0.25) is 0 Å². The molecule has 140 valence electrons. The average Bonchev–Trinajstić information content (AvgIpc) is 3.30. The molecule has 7 atom stereocenters. The molecule has 1 aromatic rings. The Morgan fingerprint density at radius 2 is 2.27 bits per heavy atom. The number of carbonyl (C=O) groups excluding carboxylic acids is 1. The van der Waals surface area contributed by atoms with Crippen molar-refractivity contribution in [3.8, 4) is 0 Å². The second kappa shape index (κ2) is 5.77. The number of rotatable bonds is 4. The van der Waals surface area contributed by atoms with Crippen LogP contribution in [0.5, 0.6) is 0 Å². The van der Waals surface area contributed by atoms with Crippen molar-refractivity contribution in [3.05, 3.63) is 30.1 Å². The zero-order valence-electron chi connectivity index (χ0n) is 15.7. The van der Waals surface area contributed by atoms with Crippen molar-refractivity contribution in [2.24, 2.45) is 23.2 Å². The Bertz CT molecular complexity index is 710. The molecule has 0 bridgehead atoms. The second-order valence-electron chi connectivity index (χ2n) is 9.10. The highest BCUT2D eigenvalue weighted by atomic mass is 16.6. The van der Waals surface area contributed by atoms with Gasteiger partial charge in [-0.05, 0) is 37.3 Å². The average molecular weight is 357 g/mol. The predicted molar refractivity (Wildman–Crippen MR) is 94.9 cm³/mol. The molecule has 2 aliphatic carbocycles. The first-order valence-electron chi connectivity index (χ1n) is 10.1. The van der Waals surface area contributed by atoms with Crippen molar-refractivity contribution in [1.29, 1.82) is 0 Å². The fourth-order valence-corrected chi connectivity index (χ4v) is 6.43. The van der Waals surface area contributed by atoms with Gasteiger partial charge in [0.15, 0.2) is 0 Å². The molecule has 2 aliphatic heterocycles. The summed E-state index contributed by atoms with van der Waals surface area (Å²) in [5.41, 5.74) is 1.22. The van der Waals surface area contributed by atoms with E-state index in [-0.39, 0.29) is 41.0 Å². The van der Waals surface area contributed by atoms with Gasteiger partial charge in [0.1, 0.15) is 24.2 Å². The summed E-state index contributed by atoms with van der Waals surface area (Å²) in [5, 5.41) is 2.20. The molecule has 4 fully saturated rings. The molecule has 5 nitrogen and oxygen atoms in total. The summed E-state index contributed by atoms with van der Waals surface area (Å²) in [7, 11) is 0. The Morgan fingerprint density at radius 1 is 1.38 bits per heavy atom. The van der Waals surface area contributed by atoms with Crippen molar-refractivity contribution in [2.45, 2.75) is 63.9 Å². The largest absolute Gasteiger partial charge is 0.462 e. The predicted octanol–water partition coefficient (Wildman–Crippen LogP) is 1.67. The van der Waals surface area contributed by atoms with E-state index in [1.54, 1.807) is 0 Å². The minimum Gasteiger partial charge on any atom is -0.462 e. The Labute approximate surface area is 154 Å². The molecule has 26 heavy (non-hydrogen) atoms. The summed E-state index contributed by atoms with van der Waals surface area (Å²) in [4.78, 5) is 17.0. The van der Waals surface area contributed by atoms with Crippen molar-refractivity contribution in [2.75, 3.05) is 6.54 Å². The number of aromatic nitrogens is 1. The lowest BCUT2D eigenvalue weighted by atomic mass is 9.53. The van der Waals surface area contributed by atoms with Gasteiger partial charge in [0.05, 0.1) is 18.3 Å². The van der Waals surface area contributed by atoms with Crippen molar-refractivity contribution in [3.63, 3.8) is 0 Å². The van der Waals surface area contributed by atoms with E-state index in [1.165, 1.54) is 19.3 Å². The van der Waals surface area contributed by atoms with Crippen molar-refractivity contribution < 1.29 is 19.6 Å². The van der Waals surface area contributed by atoms with Crippen LogP contribution in [0.3, 0.4) is 0 Å². The highest BCUT2D eigenvalue weighted by Gasteiger charge is 2.78. The molecular weight excluding hydrogens is 328 g/mol. The number of epoxide rings is 1. The molecule has 1 spiro atoms. The van der Waals surface area contributed by atoms with E-state index in [0.29, 0.717) is 5.92 Å². The molecule has 0 unspecified atom stereocenters. The second-order valence-corrected chi connectivity index (χ2v) is 9.10. The van der Waals surface area contributed by atoms with Gasteiger partial charge in [0.2, 0.25) is 0 Å². The summed E-state index contributed by atoms with van der Waals surface area (Å²) in [5.74, 6) is 0.752. The topological polar surface area (TPSA) is 68.3 Å². The molecule has 2 saturated carbocycles. The maximum Gasteiger partial charge on any atom is 0.315 e. The van der Waals surface area contributed by atoms with E-state index >= 15 is 0 Å². The Kier molecular flexibility index (Phi) is 3.70. The number of hydrogen-bond donors (Lipinski definition) is 1. The van der Waals surface area contributed by atoms with Crippen molar-refractivity contribution in [1.82, 2.24) is 4.98 Å². The molecule has 2 N–H and O–H groups in total. The zero-order valence-corrected chi connectivity index (χ0v) is 15.7. The molecule has 1 aromatic heterocycles. The first-order chi connectivity index (χ1) is 12.6. The number of esters is 1. The number of hydrogen-bond acceptors (Lipinski definition) is 4. The highest BCUT2D eigenvalue weighted by Crippen LogP contribution is 2.70. The molecule has 0 radical (unpaired) electrons. The Hall–Kier alpha value is -1.46. The summed E-state index contributed by atoms with van der Waals surface area (Å²) >= 11 is 0. The van der Waals surface area contributed by atoms with E-state index in [2.05, 4.69) is 24.1 Å². The van der Waals surface area contributed by atoms with Crippen LogP contribution in [-0.2, 0) is 20.8 Å². The smallest absolute Gasteiger partial charge is 0.315 e. The number of nitrogens with zero attached hydrogens (tertiary/aromatic N) is 1. The van der Waals surface area contributed by atoms with Gasteiger partial charge in [-0.15, -0.1) is 0 Å². The van der Waals surface area contributed by atoms with Crippen LogP contribution in [0.1, 0.15) is 45.2 Å². The van der Waals surface area contributed by atoms with Gasteiger partial charge in [-0.2, -0.15) is 0 Å². The van der Waals surface area contributed by atoms with E-state index in [4.69, 9.17) is 9.47 Å². The summed E-state index contributed by atoms with van der Waals surface area (Å²) in [6, 6.07) is 5.96. The van der Waals surface area contributed by atoms with E-state index in [9.17, 15) is 4.79 Å². The lowest BCUT2D eigenvalue weighted by Gasteiger charge is -2.48. The molecule has 5 heteroatoms. The first-order valence-corrected chi connectivity index (χ1v) is 10.1. The quantitative estimate of drug-likeness (QED) is 0.657. The third-order valence-electron chi connectivity index (χ3n) is 7.69. The normalized spacial score (nSPS) is 46.1. The molecule has 2 saturated heterocycles. The fraction of sp³-hybridized carbons (Fsp3) is 0.714. The van der Waals surface area contributed by atoms with Gasteiger partial charge in [-0.25, -0.2) is 0 Å². The number of fused-ring (bicyclic) bond motifs is 2. The minimum atomic E-state index is -0.0493. The van der Waals surface area contributed by atoms with Gasteiger partial charge < -0.3 is 14.8 Å². The molecular formula is C21H29N2O3+. The van der Waals surface area contributed by atoms with E-state index in [1.807, 2.05) is 24.4 Å². The van der Waals surface area contributed by atoms with Gasteiger partial charge in [0, 0.05) is 17.5 Å². The van der Waals surface area contributed by atoms with Crippen LogP contribution in [0.4, 0.5) is 0 Å². The van der Waals surface area contributed by atoms with Gasteiger partial charge in [-0.3, -0.25) is 9.78 Å². The van der Waals surface area contributed by atoms with Crippen molar-refractivity contribution >= 4 is 5.97 Å². The number of quaternary nitrogens is 1. The van der Waals surface area contributed by atoms with Gasteiger partial charge >= 0.3 is 5.97 Å². The molecule has 3 heterocycles. The third-order valence-corrected chi connectivity index (χ3v) is 7.69. The third kappa shape index (κ3) is 2.23. The summed E-state index contributed by atoms with van der Waals surface area (Å²) in [6.07, 6.45) is 6.76. The molecule has 4 aliphatic rings. The maximum absolute atomic E-state index is 12.6. The van der Waals surface area contributed by atoms with Crippen LogP contribution in [-0.4, -0.2) is 35.3 Å². The zero-order chi connectivity index (χ0) is 17.9. The fourth-order valence-electron chi connectivity index (χ4n) is 6.43. The lowest BCUT2D eigenvalue weighted by molar-refractivity contribution is -0.675. The minimum absolute atomic E-state index is 0.000365. The highest BCUT2D eigenvalue weighted by molar-refractivity contribution is 5.76. The van der Waals surface area contributed by atoms with Crippen LogP contribution in [0.15, 0.2) is 24.4 Å². The molecule has 0 aromatic carbocycles. The number of pyridine rings is 1. The monoisotopic (exact) mass is 357 g/mol. The maximum atomic E-state index is 12.6. The summed E-state index contributed by atoms with van der Waals surface area (Å²) in [6.45, 7) is 6.27. The lowest BCUT2D eigenvalue weighted by Crippen LogP contribution is -2.84. The van der Waals surface area contributed by atoms with Crippen LogP contribution < -0.4 is 5.32 Å². The van der Waals surface area contributed by atoms with Crippen LogP contribution >= 0.6 is 0 Å². The number of nitrogens with two attached hydrogens (primary N) is 1. The van der Waals surface area contributed by atoms with Crippen LogP contribution in [0.25, 0.3) is 0 Å². The first kappa shape index (κ1) is 16.7.